The van der Waals surface area contributed by atoms with E-state index >= 15 is 0 Å². The van der Waals surface area contributed by atoms with Crippen LogP contribution in [0.3, 0.4) is 0 Å². The Morgan fingerprint density at radius 1 is 1.17 bits per heavy atom. The van der Waals surface area contributed by atoms with Crippen molar-refractivity contribution < 1.29 is 18.3 Å². The van der Waals surface area contributed by atoms with Crippen molar-refractivity contribution in [3.8, 4) is 17.2 Å². The molecule has 1 aromatic carbocycles. The second kappa shape index (κ2) is 11.7. The van der Waals surface area contributed by atoms with Gasteiger partial charge in [-0.05, 0) is 37.4 Å². The number of carbonyl (C=O) groups excluding carboxylic acids is 1. The van der Waals surface area contributed by atoms with Crippen molar-refractivity contribution in [2.45, 2.75) is 6.54 Å². The number of benzene rings is 1. The number of nitrogen functional groups attached to an aromatic ring is 1. The van der Waals surface area contributed by atoms with Gasteiger partial charge in [-0.2, -0.15) is 19.7 Å². The minimum Gasteiger partial charge on any atom is -0.492 e. The van der Waals surface area contributed by atoms with E-state index in [1.165, 1.54) is 6.07 Å². The Morgan fingerprint density at radius 3 is 2.74 bits per heavy atom. The molecule has 5 aromatic rings. The van der Waals surface area contributed by atoms with Crippen LogP contribution in [0.1, 0.15) is 0 Å². The molecule has 1 amide bonds. The van der Waals surface area contributed by atoms with E-state index in [-0.39, 0.29) is 18.3 Å². The number of rotatable bonds is 11. The Labute approximate surface area is 241 Å². The summed E-state index contributed by atoms with van der Waals surface area (Å²) in [6, 6.07) is 10.5. The minimum atomic E-state index is -0.401. The molecule has 42 heavy (non-hydrogen) atoms. The number of likely N-dealkylation sites (N-methyl/N-ethyl adjacent to an activating group) is 1. The number of piperazine rings is 1. The standard InChI is InChI=1S/C28H33FN10O3/c1-35(18-26(30)40)12-14-41-19-4-5-23(21(29)15-19)37-9-6-36(7-10-37)8-11-38-27-20(17-32-38)24-16-22(25-3-2-13-42-25)34-39(24)28(31)33-27/h2-5,13,15-17H,6-12,14,18H2,1H3,(H2,30,40)(H2,31,33). The summed E-state index contributed by atoms with van der Waals surface area (Å²) in [6.45, 7) is 5.37. The molecular formula is C28H33FN10O3. The van der Waals surface area contributed by atoms with Gasteiger partial charge in [0.25, 0.3) is 0 Å². The molecule has 0 aliphatic carbocycles. The molecule has 13 nitrogen and oxygen atoms in total. The summed E-state index contributed by atoms with van der Waals surface area (Å²) in [5, 5.41) is 9.98. The van der Waals surface area contributed by atoms with Crippen molar-refractivity contribution in [1.82, 2.24) is 34.2 Å². The average molecular weight is 577 g/mol. The predicted molar refractivity (Wildman–Crippen MR) is 156 cm³/mol. The van der Waals surface area contributed by atoms with Gasteiger partial charge in [-0.15, -0.1) is 0 Å². The van der Waals surface area contributed by atoms with Crippen molar-refractivity contribution in [1.29, 1.82) is 0 Å². The third-order valence-electron chi connectivity index (χ3n) is 7.44. The zero-order chi connectivity index (χ0) is 29.2. The molecule has 1 saturated heterocycles. The quantitative estimate of drug-likeness (QED) is 0.238. The topological polar surface area (TPSA) is 149 Å². The highest BCUT2D eigenvalue weighted by atomic mass is 19.1. The minimum absolute atomic E-state index is 0.149. The summed E-state index contributed by atoms with van der Waals surface area (Å²) in [5.74, 6) is 0.665. The van der Waals surface area contributed by atoms with Crippen LogP contribution in [0.25, 0.3) is 28.0 Å². The van der Waals surface area contributed by atoms with E-state index in [0.717, 1.165) is 30.5 Å². The molecule has 14 heteroatoms. The van der Waals surface area contributed by atoms with Gasteiger partial charge in [0.15, 0.2) is 11.4 Å². The highest BCUT2D eigenvalue weighted by Gasteiger charge is 2.21. The number of amides is 1. The molecule has 4 aromatic heterocycles. The van der Waals surface area contributed by atoms with Crippen LogP contribution in [0.5, 0.6) is 5.75 Å². The monoisotopic (exact) mass is 576 g/mol. The number of nitrogens with two attached hydrogens (primary N) is 2. The maximum Gasteiger partial charge on any atom is 0.231 e. The van der Waals surface area contributed by atoms with Crippen LogP contribution in [0.2, 0.25) is 0 Å². The molecule has 0 unspecified atom stereocenters. The highest BCUT2D eigenvalue weighted by Crippen LogP contribution is 2.27. The Morgan fingerprint density at radius 2 is 2.00 bits per heavy atom. The Hall–Kier alpha value is -4.69. The van der Waals surface area contributed by atoms with E-state index in [2.05, 4.69) is 25.0 Å². The van der Waals surface area contributed by atoms with Crippen LogP contribution in [0, 0.1) is 5.82 Å². The molecule has 0 saturated carbocycles. The second-order valence-corrected chi connectivity index (χ2v) is 10.4. The number of anilines is 2. The van der Waals surface area contributed by atoms with Gasteiger partial charge >= 0.3 is 0 Å². The highest BCUT2D eigenvalue weighted by molar-refractivity contribution is 5.93. The van der Waals surface area contributed by atoms with Crippen LogP contribution in [-0.4, -0.2) is 99.6 Å². The number of hydrogen-bond acceptors (Lipinski definition) is 10. The lowest BCUT2D eigenvalue weighted by molar-refractivity contribution is -0.118. The molecule has 220 valence electrons. The first-order chi connectivity index (χ1) is 20.4. The maximum atomic E-state index is 14.9. The maximum absolute atomic E-state index is 14.9. The summed E-state index contributed by atoms with van der Waals surface area (Å²) in [6.07, 6.45) is 3.40. The van der Waals surface area contributed by atoms with Crippen LogP contribution >= 0.6 is 0 Å². The van der Waals surface area contributed by atoms with Crippen LogP contribution < -0.4 is 21.1 Å². The summed E-state index contributed by atoms with van der Waals surface area (Å²) in [7, 11) is 1.78. The third-order valence-corrected chi connectivity index (χ3v) is 7.44. The Bertz CT molecular complexity index is 1690. The zero-order valence-electron chi connectivity index (χ0n) is 23.3. The fourth-order valence-electron chi connectivity index (χ4n) is 5.24. The average Bonchev–Trinajstić information content (AvgIpc) is 3.72. The molecule has 0 spiro atoms. The molecule has 1 aliphatic rings. The lowest BCUT2D eigenvalue weighted by Gasteiger charge is -2.36. The molecule has 1 fully saturated rings. The van der Waals surface area contributed by atoms with Gasteiger partial charge in [-0.3, -0.25) is 14.6 Å². The van der Waals surface area contributed by atoms with E-state index in [9.17, 15) is 9.18 Å². The van der Waals surface area contributed by atoms with Crippen molar-refractivity contribution in [3.63, 3.8) is 0 Å². The number of ether oxygens (including phenoxy) is 1. The van der Waals surface area contributed by atoms with Crippen molar-refractivity contribution >= 4 is 34.1 Å². The first-order valence-corrected chi connectivity index (χ1v) is 13.8. The first kappa shape index (κ1) is 27.5. The largest absolute Gasteiger partial charge is 0.492 e. The number of primary amides is 1. The smallest absolute Gasteiger partial charge is 0.231 e. The molecule has 0 radical (unpaired) electrons. The summed E-state index contributed by atoms with van der Waals surface area (Å²) in [5.41, 5.74) is 14.2. The number of furan rings is 1. The first-order valence-electron chi connectivity index (χ1n) is 13.8. The molecule has 6 rings (SSSR count). The second-order valence-electron chi connectivity index (χ2n) is 10.4. The zero-order valence-corrected chi connectivity index (χ0v) is 23.3. The van der Waals surface area contributed by atoms with Crippen LogP contribution in [-0.2, 0) is 11.3 Å². The Kier molecular flexibility index (Phi) is 7.63. The molecule has 4 N–H and O–H groups in total. The third kappa shape index (κ3) is 5.71. The van der Waals surface area contributed by atoms with Crippen LogP contribution in [0.4, 0.5) is 16.0 Å². The van der Waals surface area contributed by atoms with Gasteiger partial charge in [-0.25, -0.2) is 9.07 Å². The predicted octanol–water partition coefficient (Wildman–Crippen LogP) is 1.68. The van der Waals surface area contributed by atoms with E-state index in [1.807, 2.05) is 22.9 Å². The van der Waals surface area contributed by atoms with E-state index in [0.29, 0.717) is 61.3 Å². The Balaban J connectivity index is 1.04. The van der Waals surface area contributed by atoms with Crippen molar-refractivity contribution in [2.75, 3.05) is 70.1 Å². The van der Waals surface area contributed by atoms with Crippen LogP contribution in [0.15, 0.2) is 53.3 Å². The van der Waals surface area contributed by atoms with Gasteiger partial charge < -0.3 is 25.5 Å². The lowest BCUT2D eigenvalue weighted by Crippen LogP contribution is -2.47. The van der Waals surface area contributed by atoms with E-state index in [4.69, 9.17) is 20.6 Å². The van der Waals surface area contributed by atoms with Gasteiger partial charge in [0.05, 0.1) is 42.1 Å². The van der Waals surface area contributed by atoms with E-state index in [1.54, 1.807) is 41.1 Å². The SMILES string of the molecule is CN(CCOc1ccc(N2CCN(CCn3ncc4c3nc(N)n3nc(-c5ccco5)cc43)CC2)c(F)c1)CC(N)=O. The summed E-state index contributed by atoms with van der Waals surface area (Å²) < 4.78 is 29.6. The number of fused-ring (bicyclic) bond motifs is 3. The van der Waals surface area contributed by atoms with E-state index < -0.39 is 5.91 Å². The van der Waals surface area contributed by atoms with Gasteiger partial charge in [0.1, 0.15) is 23.9 Å². The normalized spacial score (nSPS) is 14.4. The van der Waals surface area contributed by atoms with Gasteiger partial charge in [0, 0.05) is 45.3 Å². The number of carbonyl (C=O) groups is 1. The van der Waals surface area contributed by atoms with Crippen molar-refractivity contribution in [3.05, 3.63) is 54.7 Å². The lowest BCUT2D eigenvalue weighted by atomic mass is 10.2. The molecule has 1 aliphatic heterocycles. The number of hydrogen-bond donors (Lipinski definition) is 2. The fourth-order valence-corrected chi connectivity index (χ4v) is 5.24. The fraction of sp³-hybridized carbons (Fsp3) is 0.357. The molecule has 5 heterocycles. The summed E-state index contributed by atoms with van der Waals surface area (Å²) >= 11 is 0. The number of halogens is 1. The molecular weight excluding hydrogens is 543 g/mol. The number of aromatic nitrogens is 5. The molecule has 0 atom stereocenters. The summed E-state index contributed by atoms with van der Waals surface area (Å²) in [4.78, 5) is 21.7. The van der Waals surface area contributed by atoms with Gasteiger partial charge in [0.2, 0.25) is 11.9 Å². The van der Waals surface area contributed by atoms with Gasteiger partial charge in [-0.1, -0.05) is 0 Å². The number of nitrogens with zero attached hydrogens (tertiary/aromatic N) is 8. The van der Waals surface area contributed by atoms with Crippen molar-refractivity contribution in [2.24, 2.45) is 5.73 Å². The molecule has 0 bridgehead atoms.